The number of ether oxygens (including phenoxy) is 1. The van der Waals surface area contributed by atoms with Crippen molar-refractivity contribution in [3.8, 4) is 5.75 Å². The number of nitrogens with zero attached hydrogens (tertiary/aromatic N) is 3. The Balaban J connectivity index is 1.73. The van der Waals surface area contributed by atoms with Crippen LogP contribution in [0.4, 0.5) is 0 Å². The van der Waals surface area contributed by atoms with Gasteiger partial charge in [0.1, 0.15) is 11.4 Å². The third-order valence-corrected chi connectivity index (χ3v) is 6.89. The number of carbonyl (C=O) groups excluding carboxylic acids is 2. The molecule has 2 amide bonds. The summed E-state index contributed by atoms with van der Waals surface area (Å²) < 4.78 is 5.56. The Morgan fingerprint density at radius 1 is 0.818 bits per heavy atom. The molecular weight excluding hydrogens is 414 g/mol. The molecular formula is C27H41N3O3. The zero-order valence-corrected chi connectivity index (χ0v) is 20.8. The molecule has 2 heterocycles. The lowest BCUT2D eigenvalue weighted by Gasteiger charge is -2.36. The first-order valence-corrected chi connectivity index (χ1v) is 12.8. The lowest BCUT2D eigenvalue weighted by atomic mass is 10.0. The maximum atomic E-state index is 13.6. The summed E-state index contributed by atoms with van der Waals surface area (Å²) in [6.07, 6.45) is 9.47. The Bertz CT molecular complexity index is 828. The maximum Gasteiger partial charge on any atom is 0.277 e. The zero-order chi connectivity index (χ0) is 23.6. The molecule has 182 valence electrons. The van der Waals surface area contributed by atoms with Crippen molar-refractivity contribution in [2.75, 3.05) is 46.4 Å². The normalized spacial score (nSPS) is 17.4. The fourth-order valence-electron chi connectivity index (χ4n) is 4.85. The second kappa shape index (κ2) is 12.8. The van der Waals surface area contributed by atoms with Crippen molar-refractivity contribution in [3.05, 3.63) is 35.5 Å². The van der Waals surface area contributed by atoms with Gasteiger partial charge in [0.15, 0.2) is 0 Å². The highest BCUT2D eigenvalue weighted by Crippen LogP contribution is 2.36. The number of para-hydroxylation sites is 1. The quantitative estimate of drug-likeness (QED) is 0.323. The van der Waals surface area contributed by atoms with Gasteiger partial charge in [-0.05, 0) is 19.0 Å². The first kappa shape index (κ1) is 25.3. The fraction of sp³-hybridized carbons (Fsp3) is 0.630. The number of likely N-dealkylation sites (N-methyl/N-ethyl adjacent to an activating group) is 1. The summed E-state index contributed by atoms with van der Waals surface area (Å²) in [4.78, 5) is 33.0. The van der Waals surface area contributed by atoms with E-state index in [4.69, 9.17) is 4.74 Å². The molecule has 1 fully saturated rings. The van der Waals surface area contributed by atoms with Crippen LogP contribution in [-0.2, 0) is 9.59 Å². The highest BCUT2D eigenvalue weighted by atomic mass is 16.5. The van der Waals surface area contributed by atoms with Crippen LogP contribution in [0, 0.1) is 0 Å². The van der Waals surface area contributed by atoms with Crippen LogP contribution in [0.1, 0.15) is 70.8 Å². The van der Waals surface area contributed by atoms with Crippen LogP contribution in [0.3, 0.4) is 0 Å². The molecule has 0 aromatic heterocycles. The number of rotatable bonds is 13. The third kappa shape index (κ3) is 6.17. The molecule has 1 aromatic rings. The SMILES string of the molecule is CCCCCCCCCCN1C(=O)C(c2ccccc2OC)=C(N2CCN(CC)CC2)C1=O. The molecule has 1 aromatic carbocycles. The van der Waals surface area contributed by atoms with Gasteiger partial charge in [0.05, 0.1) is 12.7 Å². The van der Waals surface area contributed by atoms with E-state index in [0.29, 0.717) is 29.1 Å². The van der Waals surface area contributed by atoms with Crippen LogP contribution >= 0.6 is 0 Å². The largest absolute Gasteiger partial charge is 0.496 e. The summed E-state index contributed by atoms with van der Waals surface area (Å²) in [5.74, 6) is 0.307. The third-order valence-electron chi connectivity index (χ3n) is 6.89. The molecule has 2 aliphatic rings. The van der Waals surface area contributed by atoms with E-state index in [9.17, 15) is 9.59 Å². The van der Waals surface area contributed by atoms with Gasteiger partial charge in [0.2, 0.25) is 0 Å². The van der Waals surface area contributed by atoms with Gasteiger partial charge in [0, 0.05) is 38.3 Å². The maximum absolute atomic E-state index is 13.6. The average Bonchev–Trinajstić information content (AvgIpc) is 3.10. The Hall–Kier alpha value is -2.34. The van der Waals surface area contributed by atoms with E-state index in [1.807, 2.05) is 24.3 Å². The number of unbranched alkanes of at least 4 members (excludes halogenated alkanes) is 7. The van der Waals surface area contributed by atoms with E-state index in [2.05, 4.69) is 23.6 Å². The standard InChI is InChI=1S/C27H41N3O3/c1-4-6-7-8-9-10-11-14-17-30-26(31)24(22-15-12-13-16-23(22)33-3)25(27(30)32)29-20-18-28(5-2)19-21-29/h12-13,15-16H,4-11,14,17-21H2,1-3H3. The molecule has 3 rings (SSSR count). The minimum Gasteiger partial charge on any atom is -0.496 e. The number of amides is 2. The molecule has 6 nitrogen and oxygen atoms in total. The van der Waals surface area contributed by atoms with E-state index in [0.717, 1.165) is 45.6 Å². The minimum absolute atomic E-state index is 0.145. The number of carbonyl (C=O) groups is 2. The second-order valence-corrected chi connectivity index (χ2v) is 9.08. The van der Waals surface area contributed by atoms with Crippen molar-refractivity contribution in [2.24, 2.45) is 0 Å². The van der Waals surface area contributed by atoms with Gasteiger partial charge in [-0.25, -0.2) is 0 Å². The van der Waals surface area contributed by atoms with Gasteiger partial charge in [-0.1, -0.05) is 77.0 Å². The van der Waals surface area contributed by atoms with Gasteiger partial charge in [-0.15, -0.1) is 0 Å². The van der Waals surface area contributed by atoms with Crippen molar-refractivity contribution in [3.63, 3.8) is 0 Å². The highest BCUT2D eigenvalue weighted by molar-refractivity contribution is 6.36. The van der Waals surface area contributed by atoms with E-state index in [-0.39, 0.29) is 11.8 Å². The predicted molar refractivity (Wildman–Crippen MR) is 133 cm³/mol. The van der Waals surface area contributed by atoms with Crippen molar-refractivity contribution >= 4 is 17.4 Å². The Labute approximate surface area is 199 Å². The van der Waals surface area contributed by atoms with Gasteiger partial charge in [0.25, 0.3) is 11.8 Å². The molecule has 6 heteroatoms. The Morgan fingerprint density at radius 2 is 1.45 bits per heavy atom. The first-order valence-electron chi connectivity index (χ1n) is 12.8. The van der Waals surface area contributed by atoms with E-state index < -0.39 is 0 Å². The van der Waals surface area contributed by atoms with E-state index in [1.165, 1.54) is 43.4 Å². The Morgan fingerprint density at radius 3 is 2.09 bits per heavy atom. The first-order chi connectivity index (χ1) is 16.1. The van der Waals surface area contributed by atoms with Gasteiger partial charge in [-0.3, -0.25) is 14.5 Å². The lowest BCUT2D eigenvalue weighted by Crippen LogP contribution is -2.47. The molecule has 0 saturated carbocycles. The van der Waals surface area contributed by atoms with Crippen LogP contribution < -0.4 is 4.74 Å². The number of hydrogen-bond acceptors (Lipinski definition) is 5. The van der Waals surface area contributed by atoms with Gasteiger partial charge < -0.3 is 14.5 Å². The summed E-state index contributed by atoms with van der Waals surface area (Å²) in [7, 11) is 1.61. The summed E-state index contributed by atoms with van der Waals surface area (Å²) in [6, 6.07) is 7.54. The summed E-state index contributed by atoms with van der Waals surface area (Å²) in [5.41, 5.74) is 1.77. The van der Waals surface area contributed by atoms with E-state index in [1.54, 1.807) is 7.11 Å². The summed E-state index contributed by atoms with van der Waals surface area (Å²) in [6.45, 7) is 9.20. The Kier molecular flexibility index (Phi) is 9.79. The molecule has 2 aliphatic heterocycles. The van der Waals surface area contributed by atoms with Gasteiger partial charge >= 0.3 is 0 Å². The van der Waals surface area contributed by atoms with Crippen molar-refractivity contribution in [1.82, 2.24) is 14.7 Å². The van der Waals surface area contributed by atoms with Gasteiger partial charge in [-0.2, -0.15) is 0 Å². The molecule has 1 saturated heterocycles. The average molecular weight is 456 g/mol. The zero-order valence-electron chi connectivity index (χ0n) is 20.8. The number of piperazine rings is 1. The number of benzene rings is 1. The number of hydrogen-bond donors (Lipinski definition) is 0. The van der Waals surface area contributed by atoms with Crippen molar-refractivity contribution in [2.45, 2.75) is 65.2 Å². The molecule has 0 atom stereocenters. The van der Waals surface area contributed by atoms with Crippen LogP contribution in [0.5, 0.6) is 5.75 Å². The minimum atomic E-state index is -0.180. The topological polar surface area (TPSA) is 53.1 Å². The summed E-state index contributed by atoms with van der Waals surface area (Å²) in [5, 5.41) is 0. The number of imide groups is 1. The molecule has 0 aliphatic carbocycles. The predicted octanol–water partition coefficient (Wildman–Crippen LogP) is 4.55. The van der Waals surface area contributed by atoms with Crippen LogP contribution in [0.2, 0.25) is 0 Å². The van der Waals surface area contributed by atoms with E-state index >= 15 is 0 Å². The molecule has 0 spiro atoms. The van der Waals surface area contributed by atoms with Crippen LogP contribution in [0.15, 0.2) is 30.0 Å². The lowest BCUT2D eigenvalue weighted by molar-refractivity contribution is -0.137. The van der Waals surface area contributed by atoms with Crippen LogP contribution in [0.25, 0.3) is 5.57 Å². The smallest absolute Gasteiger partial charge is 0.277 e. The van der Waals surface area contributed by atoms with Crippen LogP contribution in [-0.4, -0.2) is 72.9 Å². The monoisotopic (exact) mass is 455 g/mol. The van der Waals surface area contributed by atoms with Crippen molar-refractivity contribution in [1.29, 1.82) is 0 Å². The van der Waals surface area contributed by atoms with Crippen molar-refractivity contribution < 1.29 is 14.3 Å². The molecule has 0 unspecified atom stereocenters. The number of methoxy groups -OCH3 is 1. The molecule has 0 bridgehead atoms. The molecule has 33 heavy (non-hydrogen) atoms. The highest BCUT2D eigenvalue weighted by Gasteiger charge is 2.42. The fourth-order valence-corrected chi connectivity index (χ4v) is 4.85. The molecule has 0 radical (unpaired) electrons. The second-order valence-electron chi connectivity index (χ2n) is 9.08. The summed E-state index contributed by atoms with van der Waals surface area (Å²) >= 11 is 0. The molecule has 0 N–H and O–H groups in total.